The molecule has 0 aliphatic rings. The molecule has 80 valence electrons. The van der Waals surface area contributed by atoms with E-state index in [1.807, 2.05) is 20.8 Å². The standard InChI is InChI=1S/C10H13N3O2/c1-5-6(2)14-7(3)9(5)10-13-12-8(4-11)15-10/h4,11H2,1-3H3. The lowest BCUT2D eigenvalue weighted by molar-refractivity contribution is 0.494. The lowest BCUT2D eigenvalue weighted by Crippen LogP contribution is -1.95. The van der Waals surface area contributed by atoms with Crippen molar-refractivity contribution in [3.05, 3.63) is 23.0 Å². The van der Waals surface area contributed by atoms with Gasteiger partial charge in [0.25, 0.3) is 5.89 Å². The summed E-state index contributed by atoms with van der Waals surface area (Å²) in [5.41, 5.74) is 7.31. The number of furan rings is 1. The maximum Gasteiger partial charge on any atom is 0.251 e. The number of hydrogen-bond acceptors (Lipinski definition) is 5. The van der Waals surface area contributed by atoms with E-state index in [0.717, 1.165) is 22.6 Å². The van der Waals surface area contributed by atoms with Crippen molar-refractivity contribution in [3.8, 4) is 11.5 Å². The van der Waals surface area contributed by atoms with Crippen molar-refractivity contribution in [1.29, 1.82) is 0 Å². The van der Waals surface area contributed by atoms with Gasteiger partial charge in [0.05, 0.1) is 12.1 Å². The van der Waals surface area contributed by atoms with E-state index in [-0.39, 0.29) is 6.54 Å². The van der Waals surface area contributed by atoms with Gasteiger partial charge in [-0.15, -0.1) is 10.2 Å². The number of hydrogen-bond donors (Lipinski definition) is 1. The Morgan fingerprint density at radius 3 is 2.27 bits per heavy atom. The van der Waals surface area contributed by atoms with E-state index in [4.69, 9.17) is 14.6 Å². The highest BCUT2D eigenvalue weighted by Gasteiger charge is 2.18. The normalized spacial score (nSPS) is 10.9. The Bertz CT molecular complexity index is 485. The van der Waals surface area contributed by atoms with Gasteiger partial charge in [-0.3, -0.25) is 0 Å². The minimum Gasteiger partial charge on any atom is -0.466 e. The molecule has 0 spiro atoms. The molecule has 2 aromatic heterocycles. The molecule has 15 heavy (non-hydrogen) atoms. The summed E-state index contributed by atoms with van der Waals surface area (Å²) >= 11 is 0. The monoisotopic (exact) mass is 207 g/mol. The third kappa shape index (κ3) is 1.55. The summed E-state index contributed by atoms with van der Waals surface area (Å²) in [7, 11) is 0. The van der Waals surface area contributed by atoms with Gasteiger partial charge in [0.1, 0.15) is 11.5 Å². The van der Waals surface area contributed by atoms with E-state index in [0.29, 0.717) is 11.8 Å². The molecule has 5 nitrogen and oxygen atoms in total. The lowest BCUT2D eigenvalue weighted by Gasteiger charge is -1.92. The summed E-state index contributed by atoms with van der Waals surface area (Å²) in [5.74, 6) is 2.57. The molecule has 0 unspecified atom stereocenters. The fourth-order valence-corrected chi connectivity index (χ4v) is 1.55. The van der Waals surface area contributed by atoms with E-state index in [9.17, 15) is 0 Å². The van der Waals surface area contributed by atoms with E-state index in [2.05, 4.69) is 10.2 Å². The molecule has 0 fully saturated rings. The highest BCUT2D eigenvalue weighted by atomic mass is 16.4. The van der Waals surface area contributed by atoms with Crippen LogP contribution in [0.25, 0.3) is 11.5 Å². The first-order chi connectivity index (χ1) is 7.13. The third-order valence-corrected chi connectivity index (χ3v) is 2.42. The first-order valence-corrected chi connectivity index (χ1v) is 4.73. The Balaban J connectivity index is 2.53. The van der Waals surface area contributed by atoms with E-state index in [1.165, 1.54) is 0 Å². The van der Waals surface area contributed by atoms with Gasteiger partial charge >= 0.3 is 0 Å². The Kier molecular flexibility index (Phi) is 2.32. The summed E-state index contributed by atoms with van der Waals surface area (Å²) in [4.78, 5) is 0. The Hall–Kier alpha value is -1.62. The molecular weight excluding hydrogens is 194 g/mol. The molecule has 0 aliphatic carbocycles. The molecule has 5 heteroatoms. The summed E-state index contributed by atoms with van der Waals surface area (Å²) in [6, 6.07) is 0. The van der Waals surface area contributed by atoms with Crippen molar-refractivity contribution < 1.29 is 8.83 Å². The Morgan fingerprint density at radius 2 is 1.80 bits per heavy atom. The quantitative estimate of drug-likeness (QED) is 0.811. The molecule has 0 radical (unpaired) electrons. The molecule has 0 saturated heterocycles. The second-order valence-corrected chi connectivity index (χ2v) is 3.42. The van der Waals surface area contributed by atoms with Crippen LogP contribution in [0, 0.1) is 20.8 Å². The molecule has 0 amide bonds. The van der Waals surface area contributed by atoms with Crippen LogP contribution in [0.3, 0.4) is 0 Å². The summed E-state index contributed by atoms with van der Waals surface area (Å²) in [5, 5.41) is 7.75. The molecule has 2 aromatic rings. The van der Waals surface area contributed by atoms with Gasteiger partial charge in [-0.2, -0.15) is 0 Å². The molecule has 0 aromatic carbocycles. The van der Waals surface area contributed by atoms with Crippen molar-refractivity contribution in [2.75, 3.05) is 0 Å². The van der Waals surface area contributed by atoms with Crippen molar-refractivity contribution >= 4 is 0 Å². The maximum atomic E-state index is 5.48. The van der Waals surface area contributed by atoms with Gasteiger partial charge in [-0.25, -0.2) is 0 Å². The van der Waals surface area contributed by atoms with E-state index in [1.54, 1.807) is 0 Å². The number of aryl methyl sites for hydroxylation is 2. The van der Waals surface area contributed by atoms with Crippen LogP contribution in [0.2, 0.25) is 0 Å². The highest BCUT2D eigenvalue weighted by Crippen LogP contribution is 2.30. The smallest absolute Gasteiger partial charge is 0.251 e. The first kappa shape index (κ1) is 9.92. The molecule has 2 N–H and O–H groups in total. The van der Waals surface area contributed by atoms with Crippen LogP contribution < -0.4 is 5.73 Å². The Labute approximate surface area is 87.3 Å². The fraction of sp³-hybridized carbons (Fsp3) is 0.400. The second-order valence-electron chi connectivity index (χ2n) is 3.42. The number of nitrogens with zero attached hydrogens (tertiary/aromatic N) is 2. The first-order valence-electron chi connectivity index (χ1n) is 4.73. The molecule has 0 aliphatic heterocycles. The average molecular weight is 207 g/mol. The molecule has 2 heterocycles. The summed E-state index contributed by atoms with van der Waals surface area (Å²) in [6.07, 6.45) is 0. The molecule has 0 atom stereocenters. The van der Waals surface area contributed by atoms with Crippen LogP contribution in [0.4, 0.5) is 0 Å². The molecule has 0 saturated carbocycles. The zero-order valence-corrected chi connectivity index (χ0v) is 9.00. The van der Waals surface area contributed by atoms with Gasteiger partial charge in [-0.1, -0.05) is 0 Å². The average Bonchev–Trinajstić information content (AvgIpc) is 2.74. The van der Waals surface area contributed by atoms with Crippen LogP contribution in [-0.4, -0.2) is 10.2 Å². The van der Waals surface area contributed by atoms with Gasteiger partial charge in [-0.05, 0) is 20.8 Å². The van der Waals surface area contributed by atoms with Crippen LogP contribution >= 0.6 is 0 Å². The Morgan fingerprint density at radius 1 is 1.07 bits per heavy atom. The number of aromatic nitrogens is 2. The highest BCUT2D eigenvalue weighted by molar-refractivity contribution is 5.61. The van der Waals surface area contributed by atoms with Crippen molar-refractivity contribution in [3.63, 3.8) is 0 Å². The third-order valence-electron chi connectivity index (χ3n) is 2.42. The van der Waals surface area contributed by atoms with Crippen LogP contribution in [0.5, 0.6) is 0 Å². The zero-order chi connectivity index (χ0) is 11.0. The number of nitrogens with two attached hydrogens (primary N) is 1. The fourth-order valence-electron chi connectivity index (χ4n) is 1.55. The minimum atomic E-state index is 0.252. The van der Waals surface area contributed by atoms with Crippen LogP contribution in [0.1, 0.15) is 23.0 Å². The van der Waals surface area contributed by atoms with Crippen molar-refractivity contribution in [2.24, 2.45) is 5.73 Å². The van der Waals surface area contributed by atoms with Gasteiger partial charge in [0, 0.05) is 5.56 Å². The molecule has 0 bridgehead atoms. The minimum absolute atomic E-state index is 0.252. The summed E-state index contributed by atoms with van der Waals surface area (Å²) < 4.78 is 10.9. The topological polar surface area (TPSA) is 78.1 Å². The second kappa shape index (κ2) is 3.51. The lowest BCUT2D eigenvalue weighted by atomic mass is 10.1. The molecular formula is C10H13N3O2. The van der Waals surface area contributed by atoms with E-state index >= 15 is 0 Å². The van der Waals surface area contributed by atoms with Crippen LogP contribution in [-0.2, 0) is 6.54 Å². The predicted octanol–water partition coefficient (Wildman–Crippen LogP) is 1.71. The van der Waals surface area contributed by atoms with Gasteiger partial charge in [0.2, 0.25) is 5.89 Å². The van der Waals surface area contributed by atoms with Crippen LogP contribution in [0.15, 0.2) is 8.83 Å². The van der Waals surface area contributed by atoms with Crippen molar-refractivity contribution in [1.82, 2.24) is 10.2 Å². The number of rotatable bonds is 2. The largest absolute Gasteiger partial charge is 0.466 e. The van der Waals surface area contributed by atoms with Gasteiger partial charge < -0.3 is 14.6 Å². The summed E-state index contributed by atoms with van der Waals surface area (Å²) in [6.45, 7) is 6.00. The zero-order valence-electron chi connectivity index (χ0n) is 9.00. The van der Waals surface area contributed by atoms with Crippen molar-refractivity contribution in [2.45, 2.75) is 27.3 Å². The maximum absolute atomic E-state index is 5.48. The predicted molar refractivity (Wildman–Crippen MR) is 54.1 cm³/mol. The van der Waals surface area contributed by atoms with E-state index < -0.39 is 0 Å². The van der Waals surface area contributed by atoms with Gasteiger partial charge in [0.15, 0.2) is 0 Å². The molecule has 2 rings (SSSR count). The SMILES string of the molecule is Cc1oc(C)c(-c2nnc(CN)o2)c1C.